The van der Waals surface area contributed by atoms with E-state index in [0.29, 0.717) is 24.7 Å². The fraction of sp³-hybridized carbons (Fsp3) is 0.560. The molecule has 2 aromatic rings. The van der Waals surface area contributed by atoms with Crippen molar-refractivity contribution in [3.8, 4) is 11.4 Å². The number of hydrogen-bond acceptors (Lipinski definition) is 6. The van der Waals surface area contributed by atoms with E-state index in [-0.39, 0.29) is 6.03 Å². The first-order chi connectivity index (χ1) is 16.0. The van der Waals surface area contributed by atoms with E-state index in [4.69, 9.17) is 14.7 Å². The molecule has 8 nitrogen and oxygen atoms in total. The van der Waals surface area contributed by atoms with Crippen molar-refractivity contribution in [2.75, 3.05) is 36.5 Å². The van der Waals surface area contributed by atoms with Gasteiger partial charge in [-0.15, -0.1) is 0 Å². The molecule has 1 aromatic carbocycles. The van der Waals surface area contributed by atoms with Crippen LogP contribution in [-0.4, -0.2) is 65.3 Å². The maximum absolute atomic E-state index is 11.8. The van der Waals surface area contributed by atoms with Crippen LogP contribution in [0.15, 0.2) is 24.3 Å². The second kappa shape index (κ2) is 9.27. The largest absolute Gasteiger partial charge is 0.377 e. The maximum Gasteiger partial charge on any atom is 0.319 e. The van der Waals surface area contributed by atoms with Gasteiger partial charge in [0.1, 0.15) is 5.82 Å². The van der Waals surface area contributed by atoms with Crippen LogP contribution in [0.25, 0.3) is 11.4 Å². The van der Waals surface area contributed by atoms with Crippen LogP contribution in [0.4, 0.5) is 16.3 Å². The summed E-state index contributed by atoms with van der Waals surface area (Å²) in [4.78, 5) is 27.1. The molecule has 0 saturated carbocycles. The van der Waals surface area contributed by atoms with Gasteiger partial charge in [-0.3, -0.25) is 4.90 Å². The monoisotopic (exact) mass is 450 g/mol. The van der Waals surface area contributed by atoms with Crippen LogP contribution in [0.2, 0.25) is 0 Å². The molecule has 0 spiro atoms. The third-order valence-corrected chi connectivity index (χ3v) is 7.03. The molecule has 0 aliphatic carbocycles. The molecule has 176 valence electrons. The molecule has 0 unspecified atom stereocenters. The predicted octanol–water partition coefficient (Wildman–Crippen LogP) is 3.42. The summed E-state index contributed by atoms with van der Waals surface area (Å²) in [5, 5.41) is 5.60. The van der Waals surface area contributed by atoms with Crippen molar-refractivity contribution in [2.45, 2.75) is 64.7 Å². The van der Waals surface area contributed by atoms with Gasteiger partial charge in [0.15, 0.2) is 5.82 Å². The van der Waals surface area contributed by atoms with E-state index in [0.717, 1.165) is 74.2 Å². The molecule has 2 bridgehead atoms. The van der Waals surface area contributed by atoms with E-state index < -0.39 is 0 Å². The van der Waals surface area contributed by atoms with E-state index in [2.05, 4.69) is 34.3 Å². The summed E-state index contributed by atoms with van der Waals surface area (Å²) in [6, 6.07) is 8.89. The summed E-state index contributed by atoms with van der Waals surface area (Å²) in [6.07, 6.45) is 3.31. The number of nitrogens with one attached hydrogen (secondary N) is 2. The number of morpholine rings is 1. The van der Waals surface area contributed by atoms with Crippen LogP contribution in [-0.2, 0) is 17.7 Å². The van der Waals surface area contributed by atoms with Gasteiger partial charge in [0.05, 0.1) is 31.0 Å². The lowest BCUT2D eigenvalue weighted by atomic mass is 10.0. The molecule has 3 aliphatic rings. The summed E-state index contributed by atoms with van der Waals surface area (Å²) in [6.45, 7) is 10.4. The quantitative estimate of drug-likeness (QED) is 0.726. The highest BCUT2D eigenvalue weighted by molar-refractivity contribution is 5.89. The number of anilines is 2. The van der Waals surface area contributed by atoms with E-state index in [9.17, 15) is 4.79 Å². The van der Waals surface area contributed by atoms with Gasteiger partial charge in [-0.05, 0) is 64.3 Å². The number of aromatic nitrogens is 2. The van der Waals surface area contributed by atoms with Crippen molar-refractivity contribution in [3.63, 3.8) is 0 Å². The summed E-state index contributed by atoms with van der Waals surface area (Å²) >= 11 is 0. The Morgan fingerprint density at radius 3 is 2.55 bits per heavy atom. The topological polar surface area (TPSA) is 82.6 Å². The fourth-order valence-electron chi connectivity index (χ4n) is 5.23. The molecule has 2 fully saturated rings. The molecule has 4 heterocycles. The van der Waals surface area contributed by atoms with E-state index in [1.54, 1.807) is 0 Å². The molecule has 5 rings (SSSR count). The zero-order valence-electron chi connectivity index (χ0n) is 19.8. The van der Waals surface area contributed by atoms with Crippen molar-refractivity contribution in [1.82, 2.24) is 20.2 Å². The van der Waals surface area contributed by atoms with Gasteiger partial charge in [0.2, 0.25) is 0 Å². The highest BCUT2D eigenvalue weighted by Crippen LogP contribution is 2.38. The number of fused-ring (bicyclic) bond motifs is 3. The average molecular weight is 451 g/mol. The normalized spacial score (nSPS) is 22.4. The number of amides is 2. The summed E-state index contributed by atoms with van der Waals surface area (Å²) < 4.78 is 5.84. The van der Waals surface area contributed by atoms with E-state index >= 15 is 0 Å². The molecule has 2 amide bonds. The Kier molecular flexibility index (Phi) is 6.21. The summed E-state index contributed by atoms with van der Waals surface area (Å²) in [5.74, 6) is 1.86. The van der Waals surface area contributed by atoms with Crippen LogP contribution in [0.5, 0.6) is 0 Å². The van der Waals surface area contributed by atoms with Gasteiger partial charge in [-0.2, -0.15) is 0 Å². The first-order valence-electron chi connectivity index (χ1n) is 12.2. The van der Waals surface area contributed by atoms with Crippen molar-refractivity contribution in [2.24, 2.45) is 0 Å². The lowest BCUT2D eigenvalue weighted by molar-refractivity contribution is 0.0899. The van der Waals surface area contributed by atoms with Crippen molar-refractivity contribution >= 4 is 17.5 Å². The van der Waals surface area contributed by atoms with Crippen molar-refractivity contribution < 1.29 is 9.53 Å². The third kappa shape index (κ3) is 4.42. The van der Waals surface area contributed by atoms with Crippen LogP contribution in [0, 0.1) is 0 Å². The molecule has 8 heteroatoms. The molecular formula is C25H34N6O2. The Bertz CT molecular complexity index is 993. The first-order valence-corrected chi connectivity index (χ1v) is 12.2. The Hall–Kier alpha value is -2.71. The number of nitrogens with zero attached hydrogens (tertiary/aromatic N) is 4. The van der Waals surface area contributed by atoms with E-state index in [1.807, 2.05) is 31.2 Å². The van der Waals surface area contributed by atoms with Gasteiger partial charge >= 0.3 is 6.03 Å². The Morgan fingerprint density at radius 2 is 1.88 bits per heavy atom. The number of carbonyl (C=O) groups excluding carboxylic acids is 1. The molecule has 0 radical (unpaired) electrons. The number of ether oxygens (including phenoxy) is 1. The predicted molar refractivity (Wildman–Crippen MR) is 130 cm³/mol. The zero-order chi connectivity index (χ0) is 22.9. The molecular weight excluding hydrogens is 416 g/mol. The average Bonchev–Trinajstić information content (AvgIpc) is 3.06. The molecule has 2 saturated heterocycles. The molecule has 33 heavy (non-hydrogen) atoms. The van der Waals surface area contributed by atoms with Gasteiger partial charge in [0, 0.05) is 42.5 Å². The lowest BCUT2D eigenvalue weighted by Crippen LogP contribution is -2.47. The van der Waals surface area contributed by atoms with Crippen LogP contribution in [0.3, 0.4) is 0 Å². The Morgan fingerprint density at radius 1 is 1.15 bits per heavy atom. The minimum absolute atomic E-state index is 0.200. The first kappa shape index (κ1) is 22.1. The third-order valence-electron chi connectivity index (χ3n) is 7.03. The van der Waals surface area contributed by atoms with Crippen molar-refractivity contribution in [1.29, 1.82) is 0 Å². The van der Waals surface area contributed by atoms with Gasteiger partial charge in [-0.25, -0.2) is 14.8 Å². The van der Waals surface area contributed by atoms with Gasteiger partial charge < -0.3 is 20.3 Å². The number of carbonyl (C=O) groups is 1. The highest BCUT2D eigenvalue weighted by atomic mass is 16.5. The Balaban J connectivity index is 1.50. The lowest BCUT2D eigenvalue weighted by Gasteiger charge is -2.39. The standard InChI is InChI=1S/C25H34N6O2/c1-4-26-25(32)27-18-7-5-17(6-8-18)23-28-22-13-30(16(2)3)12-11-21(22)24(29-23)31-19-9-10-20(31)15-33-14-19/h5-8,16,19-20H,4,9-15H2,1-3H3,(H2,26,27,32)/t19-,20+. The Labute approximate surface area is 195 Å². The van der Waals surface area contributed by atoms with Crippen LogP contribution in [0.1, 0.15) is 44.9 Å². The highest BCUT2D eigenvalue weighted by Gasteiger charge is 2.40. The molecule has 3 aliphatic heterocycles. The fourth-order valence-corrected chi connectivity index (χ4v) is 5.23. The van der Waals surface area contributed by atoms with Crippen LogP contribution < -0.4 is 15.5 Å². The zero-order valence-corrected chi connectivity index (χ0v) is 19.8. The molecule has 1 aromatic heterocycles. The number of rotatable bonds is 5. The second-order valence-corrected chi connectivity index (χ2v) is 9.50. The van der Waals surface area contributed by atoms with E-state index in [1.165, 1.54) is 5.56 Å². The molecule has 2 N–H and O–H groups in total. The smallest absolute Gasteiger partial charge is 0.319 e. The SMILES string of the molecule is CCNC(=O)Nc1ccc(-c2nc3c(c(N4[C@@H]5CC[C@H]4COC5)n2)CCN(C(C)C)C3)cc1. The minimum Gasteiger partial charge on any atom is -0.377 e. The van der Waals surface area contributed by atoms with Crippen molar-refractivity contribution in [3.05, 3.63) is 35.5 Å². The maximum atomic E-state index is 11.8. The van der Waals surface area contributed by atoms with Gasteiger partial charge in [-0.1, -0.05) is 0 Å². The number of benzene rings is 1. The summed E-state index contributed by atoms with van der Waals surface area (Å²) in [5.41, 5.74) is 4.16. The second-order valence-electron chi connectivity index (χ2n) is 9.50. The van der Waals surface area contributed by atoms with Gasteiger partial charge in [0.25, 0.3) is 0 Å². The van der Waals surface area contributed by atoms with Crippen LogP contribution >= 0.6 is 0 Å². The molecule has 2 atom stereocenters. The number of hydrogen-bond donors (Lipinski definition) is 2. The number of urea groups is 1. The summed E-state index contributed by atoms with van der Waals surface area (Å²) in [7, 11) is 0. The minimum atomic E-state index is -0.200.